The highest BCUT2D eigenvalue weighted by Crippen LogP contribution is 2.37. The molecule has 1 aliphatic carbocycles. The Labute approximate surface area is 157 Å². The van der Waals surface area contributed by atoms with E-state index < -0.39 is 0 Å². The number of ether oxygens (including phenoxy) is 1. The normalized spacial score (nSPS) is 21.8. The first-order valence-electron chi connectivity index (χ1n) is 8.65. The first kappa shape index (κ1) is 16.9. The summed E-state index contributed by atoms with van der Waals surface area (Å²) < 4.78 is 5.76. The monoisotopic (exact) mass is 367 g/mol. The van der Waals surface area contributed by atoms with Crippen molar-refractivity contribution in [2.24, 2.45) is 11.8 Å². The van der Waals surface area contributed by atoms with Gasteiger partial charge in [0.05, 0.1) is 17.5 Å². The van der Waals surface area contributed by atoms with Gasteiger partial charge in [-0.3, -0.25) is 9.59 Å². The Morgan fingerprint density at radius 3 is 2.42 bits per heavy atom. The predicted octanol–water partition coefficient (Wildman–Crippen LogP) is 4.37. The maximum Gasteiger partial charge on any atom is 0.241 e. The van der Waals surface area contributed by atoms with Gasteiger partial charge in [-0.05, 0) is 54.8 Å². The summed E-state index contributed by atoms with van der Waals surface area (Å²) in [6.07, 6.45) is 5.46. The van der Waals surface area contributed by atoms with E-state index in [1.165, 1.54) is 4.90 Å². The molecule has 0 saturated carbocycles. The second kappa shape index (κ2) is 6.96. The smallest absolute Gasteiger partial charge is 0.241 e. The molecule has 1 saturated heterocycles. The number of anilines is 1. The molecule has 132 valence electrons. The van der Waals surface area contributed by atoms with E-state index in [0.29, 0.717) is 23.1 Å². The Morgan fingerprint density at radius 2 is 1.73 bits per heavy atom. The first-order valence-corrected chi connectivity index (χ1v) is 9.03. The van der Waals surface area contributed by atoms with Crippen molar-refractivity contribution >= 4 is 29.1 Å². The van der Waals surface area contributed by atoms with Crippen molar-refractivity contribution in [2.75, 3.05) is 4.90 Å². The molecule has 4 rings (SSSR count). The van der Waals surface area contributed by atoms with Gasteiger partial charge in [0, 0.05) is 5.02 Å². The van der Waals surface area contributed by atoms with Crippen molar-refractivity contribution in [3.05, 3.63) is 71.3 Å². The Balaban J connectivity index is 1.46. The van der Waals surface area contributed by atoms with Gasteiger partial charge in [0.1, 0.15) is 12.4 Å². The van der Waals surface area contributed by atoms with Crippen molar-refractivity contribution in [3.8, 4) is 5.75 Å². The number of benzene rings is 2. The summed E-state index contributed by atoms with van der Waals surface area (Å²) >= 11 is 5.87. The van der Waals surface area contributed by atoms with Crippen molar-refractivity contribution in [2.45, 2.75) is 19.4 Å². The molecule has 2 aromatic rings. The third kappa shape index (κ3) is 3.13. The lowest BCUT2D eigenvalue weighted by Gasteiger charge is -2.15. The average molecular weight is 368 g/mol. The van der Waals surface area contributed by atoms with Crippen LogP contribution < -0.4 is 9.64 Å². The van der Waals surface area contributed by atoms with Crippen LogP contribution in [-0.2, 0) is 16.2 Å². The summed E-state index contributed by atoms with van der Waals surface area (Å²) in [6, 6.07) is 14.5. The molecular formula is C21H18ClNO3. The molecule has 0 radical (unpaired) electrons. The van der Waals surface area contributed by atoms with Gasteiger partial charge in [-0.1, -0.05) is 35.9 Å². The molecule has 0 spiro atoms. The highest BCUT2D eigenvalue weighted by atomic mass is 35.5. The fourth-order valence-corrected chi connectivity index (χ4v) is 3.61. The van der Waals surface area contributed by atoms with Crippen LogP contribution in [0.5, 0.6) is 5.75 Å². The number of carbonyl (C=O) groups is 2. The minimum atomic E-state index is -0.308. The molecular weight excluding hydrogens is 350 g/mol. The lowest BCUT2D eigenvalue weighted by molar-refractivity contribution is -0.122. The van der Waals surface area contributed by atoms with Gasteiger partial charge in [0.25, 0.3) is 0 Å². The number of nitrogens with zero attached hydrogens (tertiary/aromatic N) is 1. The summed E-state index contributed by atoms with van der Waals surface area (Å²) in [5.41, 5.74) is 1.61. The van der Waals surface area contributed by atoms with Crippen LogP contribution in [0.4, 0.5) is 5.69 Å². The van der Waals surface area contributed by atoms with E-state index in [9.17, 15) is 9.59 Å². The molecule has 2 aliphatic rings. The summed E-state index contributed by atoms with van der Waals surface area (Å²) in [5, 5.41) is 0.688. The molecule has 1 heterocycles. The molecule has 5 heteroatoms. The Kier molecular flexibility index (Phi) is 4.51. The minimum absolute atomic E-state index is 0.0980. The molecule has 0 N–H and O–H groups in total. The molecule has 2 atom stereocenters. The highest BCUT2D eigenvalue weighted by Gasteiger charge is 2.47. The van der Waals surface area contributed by atoms with E-state index in [-0.39, 0.29) is 23.7 Å². The summed E-state index contributed by atoms with van der Waals surface area (Å²) in [6.45, 7) is 0.424. The van der Waals surface area contributed by atoms with Gasteiger partial charge in [0.15, 0.2) is 0 Å². The van der Waals surface area contributed by atoms with E-state index in [2.05, 4.69) is 0 Å². The van der Waals surface area contributed by atoms with Crippen molar-refractivity contribution in [1.82, 2.24) is 0 Å². The van der Waals surface area contributed by atoms with E-state index in [0.717, 1.165) is 18.4 Å². The van der Waals surface area contributed by atoms with Gasteiger partial charge in [-0.25, -0.2) is 4.90 Å². The molecule has 1 fully saturated rings. The van der Waals surface area contributed by atoms with Crippen LogP contribution in [0.1, 0.15) is 18.4 Å². The number of hydrogen-bond acceptors (Lipinski definition) is 3. The van der Waals surface area contributed by atoms with Gasteiger partial charge in [0.2, 0.25) is 11.8 Å². The second-order valence-corrected chi connectivity index (χ2v) is 7.00. The van der Waals surface area contributed by atoms with Crippen molar-refractivity contribution < 1.29 is 14.3 Å². The average Bonchev–Trinajstić information content (AvgIpc) is 2.93. The fourth-order valence-electron chi connectivity index (χ4n) is 3.48. The van der Waals surface area contributed by atoms with Crippen molar-refractivity contribution in [3.63, 3.8) is 0 Å². The van der Waals surface area contributed by atoms with E-state index in [4.69, 9.17) is 16.3 Å². The first-order chi connectivity index (χ1) is 12.6. The summed E-state index contributed by atoms with van der Waals surface area (Å²) in [5.74, 6) is -0.0736. The number of carbonyl (C=O) groups excluding carboxylic acids is 2. The molecule has 26 heavy (non-hydrogen) atoms. The van der Waals surface area contributed by atoms with Crippen LogP contribution in [0.3, 0.4) is 0 Å². The molecule has 2 amide bonds. The second-order valence-electron chi connectivity index (χ2n) is 6.56. The van der Waals surface area contributed by atoms with Gasteiger partial charge in [-0.2, -0.15) is 0 Å². The van der Waals surface area contributed by atoms with Crippen LogP contribution in [-0.4, -0.2) is 11.8 Å². The van der Waals surface area contributed by atoms with Crippen LogP contribution in [0, 0.1) is 11.8 Å². The largest absolute Gasteiger partial charge is 0.489 e. The fraction of sp³-hybridized carbons (Fsp3) is 0.238. The maximum atomic E-state index is 12.6. The molecule has 0 bridgehead atoms. The van der Waals surface area contributed by atoms with Gasteiger partial charge >= 0.3 is 0 Å². The summed E-state index contributed by atoms with van der Waals surface area (Å²) in [4.78, 5) is 26.5. The van der Waals surface area contributed by atoms with E-state index in [1.807, 2.05) is 36.4 Å². The molecule has 4 nitrogen and oxygen atoms in total. The third-order valence-corrected chi connectivity index (χ3v) is 5.13. The molecule has 2 aromatic carbocycles. The predicted molar refractivity (Wildman–Crippen MR) is 100 cm³/mol. The Bertz CT molecular complexity index is 858. The van der Waals surface area contributed by atoms with Gasteiger partial charge < -0.3 is 4.74 Å². The number of fused-ring (bicyclic) bond motifs is 1. The minimum Gasteiger partial charge on any atom is -0.489 e. The lowest BCUT2D eigenvalue weighted by atomic mass is 9.86. The number of allylic oxidation sites excluding steroid dienone is 1. The van der Waals surface area contributed by atoms with Crippen LogP contribution in [0.25, 0.3) is 0 Å². The number of hydrogen-bond donors (Lipinski definition) is 0. The van der Waals surface area contributed by atoms with Crippen molar-refractivity contribution in [1.29, 1.82) is 0 Å². The molecule has 1 aliphatic heterocycles. The lowest BCUT2D eigenvalue weighted by Crippen LogP contribution is -2.30. The quantitative estimate of drug-likeness (QED) is 0.595. The van der Waals surface area contributed by atoms with Crippen LogP contribution in [0.15, 0.2) is 60.7 Å². The van der Waals surface area contributed by atoms with Gasteiger partial charge in [-0.15, -0.1) is 0 Å². The van der Waals surface area contributed by atoms with E-state index >= 15 is 0 Å². The maximum absolute atomic E-state index is 12.6. The number of halogens is 1. The molecule has 0 aromatic heterocycles. The summed E-state index contributed by atoms with van der Waals surface area (Å²) in [7, 11) is 0. The zero-order chi connectivity index (χ0) is 18.1. The number of amides is 2. The Morgan fingerprint density at radius 1 is 1.00 bits per heavy atom. The topological polar surface area (TPSA) is 46.6 Å². The number of rotatable bonds is 4. The number of imide groups is 1. The standard InChI is InChI=1S/C21H18ClNO3/c22-15-7-5-14(6-8-15)13-26-17-11-9-16(10-12-17)23-20(24)18-3-1-2-4-19(18)21(23)25/h1,3,5-12,18-19H,2,4,13H2. The Hall–Kier alpha value is -2.59. The SMILES string of the molecule is O=C1C2C=CCCC2C(=O)N1c1ccc(OCc2ccc(Cl)cc2)cc1. The third-order valence-electron chi connectivity index (χ3n) is 4.88. The molecule has 2 unspecified atom stereocenters. The highest BCUT2D eigenvalue weighted by molar-refractivity contribution is 6.30. The zero-order valence-electron chi connectivity index (χ0n) is 14.1. The zero-order valence-corrected chi connectivity index (χ0v) is 14.9. The van der Waals surface area contributed by atoms with Crippen LogP contribution >= 0.6 is 11.6 Å². The van der Waals surface area contributed by atoms with Crippen LogP contribution in [0.2, 0.25) is 5.02 Å². The van der Waals surface area contributed by atoms with E-state index in [1.54, 1.807) is 24.3 Å².